The number of nitrogens with one attached hydrogen (secondary N) is 1. The SMILES string of the molecule is CC(C)(C)OC(=O)N[C@H](C(=O)N1CC(Oc2ccc(Cl)cn2)CC1C(=O)O)C(C)(C)C. The highest BCUT2D eigenvalue weighted by atomic mass is 35.5. The molecule has 1 aliphatic heterocycles. The van der Waals surface area contributed by atoms with Gasteiger partial charge in [-0.1, -0.05) is 32.4 Å². The Hall–Kier alpha value is -2.55. The topological polar surface area (TPSA) is 118 Å². The number of alkyl carbamates (subject to hydrolysis) is 1. The zero-order chi connectivity index (χ0) is 23.6. The minimum atomic E-state index is -1.14. The fraction of sp³-hybridized carbons (Fsp3) is 0.619. The molecule has 1 aromatic rings. The maximum absolute atomic E-state index is 13.4. The van der Waals surface area contributed by atoms with E-state index in [0.29, 0.717) is 5.02 Å². The number of carboxylic acid groups (broad SMARTS) is 1. The van der Waals surface area contributed by atoms with Crippen molar-refractivity contribution in [2.24, 2.45) is 5.41 Å². The van der Waals surface area contributed by atoms with Gasteiger partial charge in [0.25, 0.3) is 0 Å². The molecule has 2 heterocycles. The maximum atomic E-state index is 13.4. The summed E-state index contributed by atoms with van der Waals surface area (Å²) in [5.74, 6) is -1.37. The molecule has 1 saturated heterocycles. The first-order valence-electron chi connectivity index (χ1n) is 9.98. The van der Waals surface area contributed by atoms with Crippen LogP contribution in [0.2, 0.25) is 5.02 Å². The van der Waals surface area contributed by atoms with Gasteiger partial charge in [-0.05, 0) is 32.3 Å². The Morgan fingerprint density at radius 1 is 1.23 bits per heavy atom. The lowest BCUT2D eigenvalue weighted by Gasteiger charge is -2.35. The average Bonchev–Trinajstić information content (AvgIpc) is 3.03. The molecule has 0 spiro atoms. The van der Waals surface area contributed by atoms with Crippen molar-refractivity contribution in [3.8, 4) is 5.88 Å². The van der Waals surface area contributed by atoms with Crippen molar-refractivity contribution in [3.05, 3.63) is 23.4 Å². The van der Waals surface area contributed by atoms with E-state index < -0.39 is 47.2 Å². The number of hydrogen-bond donors (Lipinski definition) is 2. The van der Waals surface area contributed by atoms with E-state index in [1.54, 1.807) is 53.7 Å². The molecule has 31 heavy (non-hydrogen) atoms. The molecule has 172 valence electrons. The summed E-state index contributed by atoms with van der Waals surface area (Å²) in [6.45, 7) is 10.5. The van der Waals surface area contributed by atoms with E-state index in [1.165, 1.54) is 11.1 Å². The van der Waals surface area contributed by atoms with Gasteiger partial charge >= 0.3 is 12.1 Å². The number of amides is 2. The van der Waals surface area contributed by atoms with Crippen molar-refractivity contribution in [2.45, 2.75) is 71.8 Å². The maximum Gasteiger partial charge on any atom is 0.408 e. The summed E-state index contributed by atoms with van der Waals surface area (Å²) in [4.78, 5) is 42.8. The van der Waals surface area contributed by atoms with E-state index in [-0.39, 0.29) is 18.8 Å². The molecule has 0 bridgehead atoms. The van der Waals surface area contributed by atoms with Crippen molar-refractivity contribution in [3.63, 3.8) is 0 Å². The first-order chi connectivity index (χ1) is 14.2. The second-order valence-electron chi connectivity index (χ2n) is 9.58. The monoisotopic (exact) mass is 455 g/mol. The molecule has 2 unspecified atom stereocenters. The van der Waals surface area contributed by atoms with Crippen molar-refractivity contribution < 1.29 is 29.0 Å². The number of rotatable bonds is 5. The highest BCUT2D eigenvalue weighted by Crippen LogP contribution is 2.28. The molecule has 1 aromatic heterocycles. The number of carboxylic acids is 1. The molecule has 3 atom stereocenters. The van der Waals surface area contributed by atoms with Crippen LogP contribution in [0.3, 0.4) is 0 Å². The quantitative estimate of drug-likeness (QED) is 0.700. The molecule has 0 radical (unpaired) electrons. The van der Waals surface area contributed by atoms with Crippen molar-refractivity contribution in [1.29, 1.82) is 0 Å². The van der Waals surface area contributed by atoms with Crippen LogP contribution in [-0.2, 0) is 14.3 Å². The van der Waals surface area contributed by atoms with E-state index in [4.69, 9.17) is 21.1 Å². The Balaban J connectivity index is 2.19. The van der Waals surface area contributed by atoms with Gasteiger partial charge in [-0.25, -0.2) is 14.6 Å². The first-order valence-corrected chi connectivity index (χ1v) is 10.4. The molecular formula is C21H30ClN3O6. The molecule has 9 nitrogen and oxygen atoms in total. The van der Waals surface area contributed by atoms with Crippen LogP contribution in [0.15, 0.2) is 18.3 Å². The average molecular weight is 456 g/mol. The number of likely N-dealkylation sites (tertiary alicyclic amines) is 1. The number of aromatic nitrogens is 1. The van der Waals surface area contributed by atoms with Gasteiger partial charge in [-0.2, -0.15) is 0 Å². The van der Waals surface area contributed by atoms with Crippen molar-refractivity contribution in [1.82, 2.24) is 15.2 Å². The predicted octanol–water partition coefficient (Wildman–Crippen LogP) is 3.11. The zero-order valence-corrected chi connectivity index (χ0v) is 19.4. The highest BCUT2D eigenvalue weighted by Gasteiger charge is 2.46. The number of halogens is 1. The Bertz CT molecular complexity index is 816. The summed E-state index contributed by atoms with van der Waals surface area (Å²) in [7, 11) is 0. The van der Waals surface area contributed by atoms with Crippen molar-refractivity contribution in [2.75, 3.05) is 6.54 Å². The second-order valence-corrected chi connectivity index (χ2v) is 10.0. The summed E-state index contributed by atoms with van der Waals surface area (Å²) < 4.78 is 11.0. The molecule has 2 N–H and O–H groups in total. The van der Waals surface area contributed by atoms with E-state index in [1.807, 2.05) is 0 Å². The zero-order valence-electron chi connectivity index (χ0n) is 18.6. The predicted molar refractivity (Wildman–Crippen MR) is 114 cm³/mol. The van der Waals surface area contributed by atoms with E-state index >= 15 is 0 Å². The lowest BCUT2D eigenvalue weighted by Crippen LogP contribution is -2.57. The van der Waals surface area contributed by atoms with Crippen LogP contribution < -0.4 is 10.1 Å². The van der Waals surface area contributed by atoms with Gasteiger partial charge in [0, 0.05) is 18.7 Å². The third kappa shape index (κ3) is 6.99. The molecule has 0 aromatic carbocycles. The molecule has 1 fully saturated rings. The van der Waals surface area contributed by atoms with Gasteiger partial charge in [-0.3, -0.25) is 4.79 Å². The molecular weight excluding hydrogens is 426 g/mol. The number of hydrogen-bond acceptors (Lipinski definition) is 6. The van der Waals surface area contributed by atoms with Gasteiger partial charge < -0.3 is 24.8 Å². The Labute approximate surface area is 187 Å². The van der Waals surface area contributed by atoms with Gasteiger partial charge in [-0.15, -0.1) is 0 Å². The lowest BCUT2D eigenvalue weighted by molar-refractivity contribution is -0.150. The highest BCUT2D eigenvalue weighted by molar-refractivity contribution is 6.30. The van der Waals surface area contributed by atoms with Gasteiger partial charge in [0.1, 0.15) is 23.8 Å². The fourth-order valence-electron chi connectivity index (χ4n) is 3.20. The second kappa shape index (κ2) is 9.30. The minimum Gasteiger partial charge on any atom is -0.480 e. The molecule has 0 saturated carbocycles. The number of carbonyl (C=O) groups is 3. The van der Waals surface area contributed by atoms with Crippen LogP contribution in [0.1, 0.15) is 48.0 Å². The van der Waals surface area contributed by atoms with Gasteiger partial charge in [0.05, 0.1) is 11.6 Å². The molecule has 10 heteroatoms. The summed E-state index contributed by atoms with van der Waals surface area (Å²) in [5.41, 5.74) is -1.43. The van der Waals surface area contributed by atoms with E-state index in [0.717, 1.165) is 0 Å². The molecule has 0 aliphatic carbocycles. The lowest BCUT2D eigenvalue weighted by atomic mass is 9.85. The standard InChI is InChI=1S/C21H30ClN3O6/c1-20(2,3)16(24-19(29)31-21(4,5)6)17(26)25-11-13(9-14(25)18(27)28)30-15-8-7-12(22)10-23-15/h7-8,10,13-14,16H,9,11H2,1-6H3,(H,24,29)(H,27,28)/t13?,14?,16-/m1/s1. The van der Waals surface area contributed by atoms with E-state index in [9.17, 15) is 19.5 Å². The van der Waals surface area contributed by atoms with Crippen molar-refractivity contribution >= 4 is 29.6 Å². The van der Waals surface area contributed by atoms with E-state index in [2.05, 4.69) is 10.3 Å². The Kier molecular flexibility index (Phi) is 7.41. The third-order valence-electron chi connectivity index (χ3n) is 4.59. The smallest absolute Gasteiger partial charge is 0.408 e. The van der Waals surface area contributed by atoms with Gasteiger partial charge in [0.15, 0.2) is 0 Å². The van der Waals surface area contributed by atoms with Gasteiger partial charge in [0.2, 0.25) is 11.8 Å². The number of aliphatic carboxylic acids is 1. The van der Waals surface area contributed by atoms with Crippen LogP contribution in [0.25, 0.3) is 0 Å². The van der Waals surface area contributed by atoms with Crippen LogP contribution in [-0.4, -0.2) is 63.3 Å². The van der Waals surface area contributed by atoms with Crippen LogP contribution in [0.4, 0.5) is 4.79 Å². The number of nitrogens with zero attached hydrogens (tertiary/aromatic N) is 2. The third-order valence-corrected chi connectivity index (χ3v) is 4.82. The largest absolute Gasteiger partial charge is 0.480 e. The van der Waals surface area contributed by atoms with Crippen LogP contribution >= 0.6 is 11.6 Å². The number of carbonyl (C=O) groups excluding carboxylic acids is 2. The minimum absolute atomic E-state index is 0.0443. The summed E-state index contributed by atoms with van der Waals surface area (Å²) in [5, 5.41) is 12.7. The van der Waals surface area contributed by atoms with Crippen LogP contribution in [0, 0.1) is 5.41 Å². The Morgan fingerprint density at radius 3 is 2.35 bits per heavy atom. The normalized spacial score (nSPS) is 20.2. The Morgan fingerprint density at radius 2 is 1.87 bits per heavy atom. The number of pyridine rings is 1. The summed E-state index contributed by atoms with van der Waals surface area (Å²) in [6.07, 6.45) is 0.198. The molecule has 2 amide bonds. The summed E-state index contributed by atoms with van der Waals surface area (Å²) >= 11 is 5.82. The van der Waals surface area contributed by atoms with Crippen LogP contribution in [0.5, 0.6) is 5.88 Å². The fourth-order valence-corrected chi connectivity index (χ4v) is 3.31. The molecule has 1 aliphatic rings. The number of ether oxygens (including phenoxy) is 2. The summed E-state index contributed by atoms with van der Waals surface area (Å²) in [6, 6.07) is 1.10. The first kappa shape index (κ1) is 24.7. The molecule has 2 rings (SSSR count).